The van der Waals surface area contributed by atoms with Crippen LogP contribution in [0.25, 0.3) is 0 Å². The topological polar surface area (TPSA) is 67.9 Å². The lowest BCUT2D eigenvalue weighted by molar-refractivity contribution is -0.587. The lowest BCUT2D eigenvalue weighted by Gasteiger charge is -2.63. The molecule has 9 atom stereocenters. The van der Waals surface area contributed by atoms with E-state index in [1.54, 1.807) is 7.11 Å². The minimum atomic E-state index is -0.801. The third-order valence-electron chi connectivity index (χ3n) is 9.73. The Morgan fingerprint density at radius 1 is 1.17 bits per heavy atom. The van der Waals surface area contributed by atoms with Crippen LogP contribution in [0.1, 0.15) is 70.0 Å². The number of benzene rings is 1. The highest BCUT2D eigenvalue weighted by Crippen LogP contribution is 2.65. The molecule has 6 heterocycles. The van der Waals surface area contributed by atoms with Gasteiger partial charge in [0.25, 0.3) is 0 Å². The van der Waals surface area contributed by atoms with Crippen LogP contribution in [0, 0.1) is 17.8 Å². The first-order valence-electron chi connectivity index (χ1n) is 13.4. The molecule has 35 heavy (non-hydrogen) atoms. The first kappa shape index (κ1) is 22.9. The number of hydrogen-bond acceptors (Lipinski definition) is 8. The Bertz CT molecular complexity index is 1010. The van der Waals surface area contributed by atoms with E-state index in [0.717, 1.165) is 50.8 Å². The lowest BCUT2D eigenvalue weighted by Crippen LogP contribution is -2.76. The molecule has 6 fully saturated rings. The molecule has 8 heteroatoms. The Balaban J connectivity index is 1.33. The average molecular weight is 488 g/mol. The van der Waals surface area contributed by atoms with E-state index >= 15 is 0 Å². The van der Waals surface area contributed by atoms with Crippen molar-refractivity contribution in [3.05, 3.63) is 29.3 Å². The zero-order valence-corrected chi connectivity index (χ0v) is 21.2. The van der Waals surface area contributed by atoms with Crippen LogP contribution in [-0.4, -0.2) is 54.9 Å². The number of methoxy groups -OCH3 is 1. The maximum Gasteiger partial charge on any atom is 0.201 e. The summed E-state index contributed by atoms with van der Waals surface area (Å²) in [5.74, 6) is 0.888. The maximum atomic E-state index is 7.01. The van der Waals surface area contributed by atoms with Gasteiger partial charge in [0, 0.05) is 31.9 Å². The molecule has 8 rings (SSSR count). The van der Waals surface area contributed by atoms with Crippen LogP contribution in [0.3, 0.4) is 0 Å². The molecular formula is C27H37NO7. The van der Waals surface area contributed by atoms with Crippen LogP contribution in [0.15, 0.2) is 18.2 Å². The highest BCUT2D eigenvalue weighted by molar-refractivity contribution is 5.40. The summed E-state index contributed by atoms with van der Waals surface area (Å²) in [6.45, 7) is 7.66. The summed E-state index contributed by atoms with van der Waals surface area (Å²) in [5, 5.41) is 2.17. The summed E-state index contributed by atoms with van der Waals surface area (Å²) >= 11 is 0. The predicted octanol–water partition coefficient (Wildman–Crippen LogP) is 4.28. The van der Waals surface area contributed by atoms with E-state index in [9.17, 15) is 0 Å². The monoisotopic (exact) mass is 487 g/mol. The molecule has 0 radical (unpaired) electrons. The van der Waals surface area contributed by atoms with Crippen LogP contribution in [0.2, 0.25) is 0 Å². The fraction of sp³-hybridized carbons (Fsp3) is 0.778. The van der Waals surface area contributed by atoms with Gasteiger partial charge in [0.05, 0.1) is 13.2 Å². The molecule has 1 aliphatic carbocycles. The van der Waals surface area contributed by atoms with E-state index in [4.69, 9.17) is 33.6 Å². The van der Waals surface area contributed by atoms with Crippen molar-refractivity contribution in [1.29, 1.82) is 0 Å². The normalized spacial score (nSPS) is 48.2. The third-order valence-corrected chi connectivity index (χ3v) is 9.73. The summed E-state index contributed by atoms with van der Waals surface area (Å²) in [4.78, 5) is 19.5. The SMILES string of the molecule is CCO[C@H]1O[C@@H]2O[C@@]3(C)CC[C@H]4[C@H](C)CC[C@@H]([C@]15C[C@@H]1c6ccc(OC)cc6CCN1O5)[C@@]24OO3. The second kappa shape index (κ2) is 7.87. The predicted molar refractivity (Wildman–Crippen MR) is 124 cm³/mol. The minimum absolute atomic E-state index is 0.0291. The number of nitrogens with zero attached hydrogens (tertiary/aromatic N) is 1. The van der Waals surface area contributed by atoms with Crippen LogP contribution in [-0.2, 0) is 35.2 Å². The van der Waals surface area contributed by atoms with Gasteiger partial charge in [0.2, 0.25) is 5.79 Å². The van der Waals surface area contributed by atoms with E-state index in [0.29, 0.717) is 12.5 Å². The first-order chi connectivity index (χ1) is 16.9. The second-order valence-corrected chi connectivity index (χ2v) is 11.5. The largest absolute Gasteiger partial charge is 0.497 e. The Morgan fingerprint density at radius 2 is 2.06 bits per heavy atom. The molecule has 6 aliphatic heterocycles. The van der Waals surface area contributed by atoms with Gasteiger partial charge in [-0.2, -0.15) is 5.06 Å². The number of fused-ring (bicyclic) bond motifs is 6. The van der Waals surface area contributed by atoms with Crippen molar-refractivity contribution >= 4 is 0 Å². The standard InChI is InChI=1S/C27H37NO7/c1-5-30-23-26(15-21-19-8-7-18(29-4)14-17(19)11-13-28(21)33-26)22-9-6-16(2)20-10-12-25(3)32-24(31-23)27(20,22)35-34-25/h7-8,14,16,20-24H,5-6,9-13,15H2,1-4H3/t16-,20+,21-,22+,23+,24-,25-,26-,27-/m1/s1. The molecule has 1 saturated carbocycles. The molecule has 0 amide bonds. The van der Waals surface area contributed by atoms with E-state index in [1.165, 1.54) is 11.1 Å². The average Bonchev–Trinajstić information content (AvgIpc) is 3.11. The third kappa shape index (κ3) is 3.05. The first-order valence-corrected chi connectivity index (χ1v) is 13.4. The molecule has 0 unspecified atom stereocenters. The van der Waals surface area contributed by atoms with Crippen molar-refractivity contribution in [1.82, 2.24) is 5.06 Å². The van der Waals surface area contributed by atoms with Gasteiger partial charge in [-0.25, -0.2) is 9.78 Å². The molecule has 2 spiro atoms. The second-order valence-electron chi connectivity index (χ2n) is 11.5. The fourth-order valence-electron chi connectivity index (χ4n) is 8.08. The van der Waals surface area contributed by atoms with Gasteiger partial charge in [-0.05, 0) is 74.6 Å². The van der Waals surface area contributed by atoms with Crippen LogP contribution >= 0.6 is 0 Å². The molecule has 8 nitrogen and oxygen atoms in total. The maximum absolute atomic E-state index is 7.01. The van der Waals surface area contributed by atoms with Crippen LogP contribution in [0.4, 0.5) is 0 Å². The molecule has 1 aromatic carbocycles. The molecular weight excluding hydrogens is 450 g/mol. The molecule has 1 aromatic rings. The molecule has 0 N–H and O–H groups in total. The Morgan fingerprint density at radius 3 is 2.89 bits per heavy atom. The number of hydroxylamine groups is 2. The van der Waals surface area contributed by atoms with Crippen molar-refractivity contribution in [3.63, 3.8) is 0 Å². The lowest BCUT2D eigenvalue weighted by atomic mass is 9.55. The fourth-order valence-corrected chi connectivity index (χ4v) is 8.08. The van der Waals surface area contributed by atoms with Gasteiger partial charge >= 0.3 is 0 Å². The van der Waals surface area contributed by atoms with E-state index in [1.807, 2.05) is 13.8 Å². The van der Waals surface area contributed by atoms with Gasteiger partial charge in [0.15, 0.2) is 18.2 Å². The van der Waals surface area contributed by atoms with Crippen molar-refractivity contribution in [2.24, 2.45) is 17.8 Å². The van der Waals surface area contributed by atoms with Crippen LogP contribution in [0.5, 0.6) is 5.75 Å². The zero-order valence-electron chi connectivity index (χ0n) is 21.2. The molecule has 2 bridgehead atoms. The highest BCUT2D eigenvalue weighted by atomic mass is 17.3. The Hall–Kier alpha value is -1.26. The molecule has 5 saturated heterocycles. The summed E-state index contributed by atoms with van der Waals surface area (Å²) in [6, 6.07) is 6.54. The minimum Gasteiger partial charge on any atom is -0.497 e. The quantitative estimate of drug-likeness (QED) is 0.586. The molecule has 0 aromatic heterocycles. The number of hydrogen-bond donors (Lipinski definition) is 0. The highest BCUT2D eigenvalue weighted by Gasteiger charge is 2.76. The van der Waals surface area contributed by atoms with Gasteiger partial charge in [-0.15, -0.1) is 0 Å². The van der Waals surface area contributed by atoms with E-state index in [2.05, 4.69) is 30.2 Å². The zero-order chi connectivity index (χ0) is 24.0. The van der Waals surface area contributed by atoms with Crippen molar-refractivity contribution in [2.45, 2.75) is 94.9 Å². The Kier molecular flexibility index (Phi) is 5.15. The summed E-state index contributed by atoms with van der Waals surface area (Å²) in [6.07, 6.45) is 4.46. The van der Waals surface area contributed by atoms with E-state index in [-0.39, 0.29) is 17.9 Å². The summed E-state index contributed by atoms with van der Waals surface area (Å²) in [5.41, 5.74) is 1.24. The van der Waals surface area contributed by atoms with Crippen molar-refractivity contribution in [3.8, 4) is 5.75 Å². The Labute approximate surface area is 206 Å². The smallest absolute Gasteiger partial charge is 0.201 e. The molecule has 7 aliphatic rings. The van der Waals surface area contributed by atoms with Crippen LogP contribution < -0.4 is 4.74 Å². The summed E-state index contributed by atoms with van der Waals surface area (Å²) in [7, 11) is 1.72. The van der Waals surface area contributed by atoms with Crippen molar-refractivity contribution in [2.75, 3.05) is 20.3 Å². The van der Waals surface area contributed by atoms with Gasteiger partial charge in [0.1, 0.15) is 11.4 Å². The summed E-state index contributed by atoms with van der Waals surface area (Å²) < 4.78 is 25.1. The van der Waals surface area contributed by atoms with E-state index < -0.39 is 29.6 Å². The number of ether oxygens (including phenoxy) is 4. The van der Waals surface area contributed by atoms with Gasteiger partial charge in [-0.1, -0.05) is 13.0 Å². The van der Waals surface area contributed by atoms with Crippen molar-refractivity contribution < 1.29 is 33.6 Å². The number of rotatable bonds is 3. The molecule has 192 valence electrons. The van der Waals surface area contributed by atoms with Gasteiger partial charge < -0.3 is 18.9 Å². The van der Waals surface area contributed by atoms with Gasteiger partial charge in [-0.3, -0.25) is 4.84 Å².